The fourth-order valence-electron chi connectivity index (χ4n) is 2.22. The summed E-state index contributed by atoms with van der Waals surface area (Å²) in [6.07, 6.45) is 9.57. The topological polar surface area (TPSA) is 54.3 Å². The lowest BCUT2D eigenvalue weighted by Gasteiger charge is -2.21. The van der Waals surface area contributed by atoms with Gasteiger partial charge in [-0.25, -0.2) is 0 Å². The van der Waals surface area contributed by atoms with E-state index in [0.29, 0.717) is 12.5 Å². The van der Waals surface area contributed by atoms with E-state index < -0.39 is 0 Å². The molecule has 0 aliphatic heterocycles. The number of carbonyl (C=O) groups is 1. The van der Waals surface area contributed by atoms with Gasteiger partial charge >= 0.3 is 0 Å². The van der Waals surface area contributed by atoms with E-state index in [1.165, 1.54) is 6.42 Å². The van der Waals surface area contributed by atoms with Crippen molar-refractivity contribution in [3.05, 3.63) is 36.3 Å². The van der Waals surface area contributed by atoms with E-state index in [1.807, 2.05) is 19.1 Å². The zero-order chi connectivity index (χ0) is 13.5. The highest BCUT2D eigenvalue weighted by Crippen LogP contribution is 2.16. The standard InChI is InChI=1S/C15H22N2O2/c1-12(16-10-13-6-3-2-4-7-13)15(18)17-11-14-8-5-9-19-14/h2-3,5,8-9,12-13,16H,4,6-7,10-11H2,1H3,(H,17,18). The predicted molar refractivity (Wildman–Crippen MR) is 74.5 cm³/mol. The third kappa shape index (κ3) is 4.56. The maximum atomic E-state index is 11.9. The number of hydrogen-bond donors (Lipinski definition) is 2. The molecule has 0 spiro atoms. The number of carbonyl (C=O) groups excluding carboxylic acids is 1. The van der Waals surface area contributed by atoms with Crippen LogP contribution in [0.25, 0.3) is 0 Å². The molecular weight excluding hydrogens is 240 g/mol. The Bertz CT molecular complexity index is 412. The van der Waals surface area contributed by atoms with E-state index in [4.69, 9.17) is 4.42 Å². The van der Waals surface area contributed by atoms with Crippen LogP contribution in [0.2, 0.25) is 0 Å². The quantitative estimate of drug-likeness (QED) is 0.773. The van der Waals surface area contributed by atoms with Crippen molar-refractivity contribution in [2.45, 2.75) is 38.8 Å². The first kappa shape index (κ1) is 13.9. The molecule has 0 fully saturated rings. The van der Waals surface area contributed by atoms with Gasteiger partial charge in [-0.3, -0.25) is 4.79 Å². The van der Waals surface area contributed by atoms with Crippen molar-refractivity contribution in [3.63, 3.8) is 0 Å². The Labute approximate surface area is 114 Å². The summed E-state index contributed by atoms with van der Waals surface area (Å²) in [6.45, 7) is 3.25. The molecule has 0 aromatic carbocycles. The van der Waals surface area contributed by atoms with E-state index in [-0.39, 0.29) is 11.9 Å². The van der Waals surface area contributed by atoms with Crippen LogP contribution in [0.3, 0.4) is 0 Å². The van der Waals surface area contributed by atoms with Crippen molar-refractivity contribution in [1.82, 2.24) is 10.6 Å². The molecule has 2 N–H and O–H groups in total. The van der Waals surface area contributed by atoms with Crippen LogP contribution in [0.5, 0.6) is 0 Å². The van der Waals surface area contributed by atoms with Crippen molar-refractivity contribution in [2.75, 3.05) is 6.54 Å². The largest absolute Gasteiger partial charge is 0.467 e. The normalized spacial score (nSPS) is 20.2. The third-order valence-electron chi connectivity index (χ3n) is 3.50. The number of amides is 1. The molecule has 0 saturated heterocycles. The molecule has 1 heterocycles. The Hall–Kier alpha value is -1.55. The van der Waals surface area contributed by atoms with Crippen molar-refractivity contribution in [3.8, 4) is 0 Å². The number of furan rings is 1. The van der Waals surface area contributed by atoms with Gasteiger partial charge in [-0.05, 0) is 50.8 Å². The summed E-state index contributed by atoms with van der Waals surface area (Å²) in [4.78, 5) is 11.9. The monoisotopic (exact) mass is 262 g/mol. The number of nitrogens with one attached hydrogen (secondary N) is 2. The van der Waals surface area contributed by atoms with Crippen molar-refractivity contribution in [2.24, 2.45) is 5.92 Å². The Morgan fingerprint density at radius 3 is 3.11 bits per heavy atom. The molecule has 1 aromatic heterocycles. The average molecular weight is 262 g/mol. The minimum absolute atomic E-state index is 0.0164. The van der Waals surface area contributed by atoms with Crippen molar-refractivity contribution >= 4 is 5.91 Å². The third-order valence-corrected chi connectivity index (χ3v) is 3.50. The SMILES string of the molecule is CC(NCC1CC=CCC1)C(=O)NCc1ccco1. The summed E-state index contributed by atoms with van der Waals surface area (Å²) >= 11 is 0. The second-order valence-electron chi connectivity index (χ2n) is 5.08. The first-order valence-electron chi connectivity index (χ1n) is 6.94. The maximum absolute atomic E-state index is 11.9. The lowest BCUT2D eigenvalue weighted by molar-refractivity contribution is -0.123. The molecule has 0 bridgehead atoms. The Kier molecular flexibility index (Phi) is 5.21. The zero-order valence-corrected chi connectivity index (χ0v) is 11.4. The highest BCUT2D eigenvalue weighted by Gasteiger charge is 2.15. The van der Waals surface area contributed by atoms with Crippen LogP contribution in [0.1, 0.15) is 31.9 Å². The molecule has 4 heteroatoms. The van der Waals surface area contributed by atoms with E-state index in [9.17, 15) is 4.79 Å². The van der Waals surface area contributed by atoms with Gasteiger partial charge in [0, 0.05) is 0 Å². The zero-order valence-electron chi connectivity index (χ0n) is 11.4. The molecule has 1 aliphatic rings. The van der Waals surface area contributed by atoms with E-state index in [0.717, 1.165) is 25.1 Å². The van der Waals surface area contributed by atoms with Crippen LogP contribution in [0.15, 0.2) is 35.0 Å². The average Bonchev–Trinajstić information content (AvgIpc) is 2.96. The Morgan fingerprint density at radius 1 is 1.53 bits per heavy atom. The summed E-state index contributed by atoms with van der Waals surface area (Å²) in [5.41, 5.74) is 0. The lowest BCUT2D eigenvalue weighted by atomic mass is 9.94. The first-order valence-corrected chi connectivity index (χ1v) is 6.94. The molecule has 1 aliphatic carbocycles. The molecule has 1 aromatic rings. The molecule has 2 unspecified atom stereocenters. The lowest BCUT2D eigenvalue weighted by Crippen LogP contribution is -2.43. The summed E-state index contributed by atoms with van der Waals surface area (Å²) in [7, 11) is 0. The van der Waals surface area contributed by atoms with Crippen molar-refractivity contribution < 1.29 is 9.21 Å². The van der Waals surface area contributed by atoms with Crippen LogP contribution < -0.4 is 10.6 Å². The van der Waals surface area contributed by atoms with Crippen LogP contribution >= 0.6 is 0 Å². The molecule has 4 nitrogen and oxygen atoms in total. The molecule has 104 valence electrons. The molecule has 0 saturated carbocycles. The van der Waals surface area contributed by atoms with E-state index >= 15 is 0 Å². The second-order valence-corrected chi connectivity index (χ2v) is 5.08. The molecule has 2 atom stereocenters. The summed E-state index contributed by atoms with van der Waals surface area (Å²) < 4.78 is 5.18. The molecular formula is C15H22N2O2. The molecule has 0 radical (unpaired) electrons. The summed E-state index contributed by atoms with van der Waals surface area (Å²) in [5, 5.41) is 6.17. The summed E-state index contributed by atoms with van der Waals surface area (Å²) in [6, 6.07) is 3.51. The van der Waals surface area contributed by atoms with Gasteiger partial charge in [0.1, 0.15) is 5.76 Å². The number of allylic oxidation sites excluding steroid dienone is 2. The minimum atomic E-state index is -0.166. The van der Waals surface area contributed by atoms with Gasteiger partial charge in [-0.1, -0.05) is 12.2 Å². The van der Waals surface area contributed by atoms with Gasteiger partial charge in [0.25, 0.3) is 0 Å². The Morgan fingerprint density at radius 2 is 2.42 bits per heavy atom. The van der Waals surface area contributed by atoms with Crippen LogP contribution in [-0.2, 0) is 11.3 Å². The number of hydrogen-bond acceptors (Lipinski definition) is 3. The minimum Gasteiger partial charge on any atom is -0.467 e. The van der Waals surface area contributed by atoms with Crippen LogP contribution in [0.4, 0.5) is 0 Å². The van der Waals surface area contributed by atoms with Gasteiger partial charge in [-0.15, -0.1) is 0 Å². The van der Waals surface area contributed by atoms with Crippen molar-refractivity contribution in [1.29, 1.82) is 0 Å². The Balaban J connectivity index is 1.65. The van der Waals surface area contributed by atoms with E-state index in [1.54, 1.807) is 6.26 Å². The van der Waals surface area contributed by atoms with Crippen LogP contribution in [0, 0.1) is 5.92 Å². The fraction of sp³-hybridized carbons (Fsp3) is 0.533. The molecule has 19 heavy (non-hydrogen) atoms. The smallest absolute Gasteiger partial charge is 0.237 e. The first-order chi connectivity index (χ1) is 9.25. The van der Waals surface area contributed by atoms with Crippen LogP contribution in [-0.4, -0.2) is 18.5 Å². The van der Waals surface area contributed by atoms with E-state index in [2.05, 4.69) is 22.8 Å². The highest BCUT2D eigenvalue weighted by molar-refractivity contribution is 5.81. The van der Waals surface area contributed by atoms with Gasteiger partial charge < -0.3 is 15.1 Å². The van der Waals surface area contributed by atoms with Gasteiger partial charge in [-0.2, -0.15) is 0 Å². The maximum Gasteiger partial charge on any atom is 0.237 e. The van der Waals surface area contributed by atoms with Gasteiger partial charge in [0.05, 0.1) is 18.8 Å². The predicted octanol–water partition coefficient (Wildman–Crippen LogP) is 2.23. The van der Waals surface area contributed by atoms with Gasteiger partial charge in [0.2, 0.25) is 5.91 Å². The molecule has 2 rings (SSSR count). The summed E-state index contributed by atoms with van der Waals surface area (Å²) in [5.74, 6) is 1.45. The second kappa shape index (κ2) is 7.14. The highest BCUT2D eigenvalue weighted by atomic mass is 16.3. The van der Waals surface area contributed by atoms with Gasteiger partial charge in [0.15, 0.2) is 0 Å². The number of rotatable bonds is 6. The molecule has 1 amide bonds. The fourth-order valence-corrected chi connectivity index (χ4v) is 2.22.